The number of aryl methyl sites for hydroxylation is 1. The van der Waals surface area contributed by atoms with Crippen molar-refractivity contribution in [1.82, 2.24) is 0 Å². The molecule has 0 saturated carbocycles. The van der Waals surface area contributed by atoms with Crippen LogP contribution in [-0.4, -0.2) is 25.3 Å². The van der Waals surface area contributed by atoms with Crippen LogP contribution in [-0.2, 0) is 11.2 Å². The molecular weight excluding hydrogens is 280 g/mol. The molecule has 0 aromatic heterocycles. The molecule has 0 spiro atoms. The minimum atomic E-state index is -0.830. The van der Waals surface area contributed by atoms with Crippen molar-refractivity contribution in [2.75, 3.05) is 14.2 Å². The maximum absolute atomic E-state index is 11.6. The lowest BCUT2D eigenvalue weighted by atomic mass is 9.92. The zero-order chi connectivity index (χ0) is 15.9. The first-order valence-electron chi connectivity index (χ1n) is 7.14. The van der Waals surface area contributed by atoms with Gasteiger partial charge in [-0.3, -0.25) is 4.79 Å². The summed E-state index contributed by atoms with van der Waals surface area (Å²) in [5.41, 5.74) is 1.86. The first kappa shape index (κ1) is 15.9. The summed E-state index contributed by atoms with van der Waals surface area (Å²) in [7, 11) is 3.10. The van der Waals surface area contributed by atoms with Gasteiger partial charge < -0.3 is 14.6 Å². The van der Waals surface area contributed by atoms with E-state index in [1.54, 1.807) is 32.4 Å². The molecule has 2 rings (SSSR count). The quantitative estimate of drug-likeness (QED) is 0.850. The van der Waals surface area contributed by atoms with E-state index >= 15 is 0 Å². The van der Waals surface area contributed by atoms with Gasteiger partial charge in [0.15, 0.2) is 11.5 Å². The summed E-state index contributed by atoms with van der Waals surface area (Å²) in [6.45, 7) is 0. The fourth-order valence-corrected chi connectivity index (χ4v) is 2.46. The number of ether oxygens (including phenoxy) is 2. The Hall–Kier alpha value is -2.49. The lowest BCUT2D eigenvalue weighted by Gasteiger charge is -2.15. The predicted molar refractivity (Wildman–Crippen MR) is 84.7 cm³/mol. The van der Waals surface area contributed by atoms with Crippen molar-refractivity contribution >= 4 is 5.97 Å². The highest BCUT2D eigenvalue weighted by molar-refractivity contribution is 5.76. The number of methoxy groups -OCH3 is 2. The smallest absolute Gasteiger partial charge is 0.310 e. The molecule has 4 nitrogen and oxygen atoms in total. The zero-order valence-electron chi connectivity index (χ0n) is 12.8. The van der Waals surface area contributed by atoms with Gasteiger partial charge >= 0.3 is 5.97 Å². The van der Waals surface area contributed by atoms with Crippen LogP contribution in [0, 0.1) is 0 Å². The molecule has 116 valence electrons. The maximum atomic E-state index is 11.6. The average Bonchev–Trinajstić information content (AvgIpc) is 2.55. The Morgan fingerprint density at radius 2 is 1.73 bits per heavy atom. The van der Waals surface area contributed by atoms with Crippen LogP contribution in [0.3, 0.4) is 0 Å². The van der Waals surface area contributed by atoms with Crippen LogP contribution in [0.1, 0.15) is 23.5 Å². The van der Waals surface area contributed by atoms with Gasteiger partial charge in [0, 0.05) is 0 Å². The Balaban J connectivity index is 2.19. The van der Waals surface area contributed by atoms with E-state index < -0.39 is 11.9 Å². The maximum Gasteiger partial charge on any atom is 0.310 e. The molecule has 4 heteroatoms. The monoisotopic (exact) mass is 300 g/mol. The Bertz CT molecular complexity index is 622. The summed E-state index contributed by atoms with van der Waals surface area (Å²) in [5, 5.41) is 9.52. The van der Waals surface area contributed by atoms with Gasteiger partial charge in [0.1, 0.15) is 0 Å². The molecule has 2 aromatic carbocycles. The highest BCUT2D eigenvalue weighted by Gasteiger charge is 2.21. The molecule has 0 amide bonds. The molecule has 1 unspecified atom stereocenters. The molecule has 0 fully saturated rings. The number of benzene rings is 2. The van der Waals surface area contributed by atoms with Crippen molar-refractivity contribution in [3.63, 3.8) is 0 Å². The standard InChI is InChI=1S/C18H20O4/c1-21-16-11-9-14(12-17(16)22-2)15(18(19)20)10-8-13-6-4-3-5-7-13/h3-7,9,11-12,15H,8,10H2,1-2H3,(H,19,20). The summed E-state index contributed by atoms with van der Waals surface area (Å²) in [4.78, 5) is 11.6. The number of carbonyl (C=O) groups is 1. The second-order valence-corrected chi connectivity index (χ2v) is 5.03. The summed E-state index contributed by atoms with van der Waals surface area (Å²) in [6, 6.07) is 15.1. The highest BCUT2D eigenvalue weighted by atomic mass is 16.5. The van der Waals surface area contributed by atoms with E-state index in [0.29, 0.717) is 24.3 Å². The minimum absolute atomic E-state index is 0.537. The minimum Gasteiger partial charge on any atom is -0.493 e. The molecule has 2 aromatic rings. The molecule has 1 atom stereocenters. The summed E-state index contributed by atoms with van der Waals surface area (Å²) < 4.78 is 10.4. The van der Waals surface area contributed by atoms with Crippen molar-refractivity contribution in [3.8, 4) is 11.5 Å². The fraction of sp³-hybridized carbons (Fsp3) is 0.278. The van der Waals surface area contributed by atoms with Gasteiger partial charge in [0.2, 0.25) is 0 Å². The SMILES string of the molecule is COc1ccc(C(CCc2ccccc2)C(=O)O)cc1OC. The number of carboxylic acid groups (broad SMARTS) is 1. The van der Waals surface area contributed by atoms with Gasteiger partial charge in [0.05, 0.1) is 20.1 Å². The van der Waals surface area contributed by atoms with Crippen molar-refractivity contribution < 1.29 is 19.4 Å². The molecule has 0 aliphatic heterocycles. The molecule has 1 N–H and O–H groups in total. The van der Waals surface area contributed by atoms with Crippen LogP contribution in [0.5, 0.6) is 11.5 Å². The van der Waals surface area contributed by atoms with Gasteiger partial charge in [-0.2, -0.15) is 0 Å². The van der Waals surface area contributed by atoms with Gasteiger partial charge in [-0.25, -0.2) is 0 Å². The van der Waals surface area contributed by atoms with E-state index in [1.807, 2.05) is 30.3 Å². The molecule has 0 heterocycles. The number of carboxylic acids is 1. The Morgan fingerprint density at radius 1 is 1.05 bits per heavy atom. The Labute approximate surface area is 130 Å². The fourth-order valence-electron chi connectivity index (χ4n) is 2.46. The highest BCUT2D eigenvalue weighted by Crippen LogP contribution is 2.32. The summed E-state index contributed by atoms with van der Waals surface area (Å²) >= 11 is 0. The third kappa shape index (κ3) is 3.79. The van der Waals surface area contributed by atoms with Crippen LogP contribution in [0.25, 0.3) is 0 Å². The van der Waals surface area contributed by atoms with Crippen molar-refractivity contribution in [2.45, 2.75) is 18.8 Å². The van der Waals surface area contributed by atoms with Crippen molar-refractivity contribution in [1.29, 1.82) is 0 Å². The van der Waals surface area contributed by atoms with Gasteiger partial charge in [-0.1, -0.05) is 36.4 Å². The first-order valence-corrected chi connectivity index (χ1v) is 7.14. The normalized spacial score (nSPS) is 11.7. The number of rotatable bonds is 7. The summed E-state index contributed by atoms with van der Waals surface area (Å²) in [6.07, 6.45) is 1.25. The first-order chi connectivity index (χ1) is 10.7. The van der Waals surface area contributed by atoms with E-state index in [0.717, 1.165) is 11.1 Å². The topological polar surface area (TPSA) is 55.8 Å². The van der Waals surface area contributed by atoms with E-state index in [9.17, 15) is 9.90 Å². The third-order valence-electron chi connectivity index (χ3n) is 3.67. The Kier molecular flexibility index (Phi) is 5.42. The van der Waals surface area contributed by atoms with Gasteiger partial charge in [-0.05, 0) is 36.1 Å². The van der Waals surface area contributed by atoms with E-state index in [1.165, 1.54) is 0 Å². The average molecular weight is 300 g/mol. The van der Waals surface area contributed by atoms with Crippen LogP contribution in [0.4, 0.5) is 0 Å². The third-order valence-corrected chi connectivity index (χ3v) is 3.67. The van der Waals surface area contributed by atoms with E-state index in [2.05, 4.69) is 0 Å². The Morgan fingerprint density at radius 3 is 2.32 bits per heavy atom. The van der Waals surface area contributed by atoms with Crippen molar-refractivity contribution in [3.05, 3.63) is 59.7 Å². The molecule has 0 aliphatic carbocycles. The van der Waals surface area contributed by atoms with E-state index in [4.69, 9.17) is 9.47 Å². The zero-order valence-corrected chi connectivity index (χ0v) is 12.8. The lowest BCUT2D eigenvalue weighted by Crippen LogP contribution is -2.13. The molecule has 0 aliphatic rings. The van der Waals surface area contributed by atoms with Crippen LogP contribution in [0.15, 0.2) is 48.5 Å². The lowest BCUT2D eigenvalue weighted by molar-refractivity contribution is -0.138. The van der Waals surface area contributed by atoms with Crippen LogP contribution < -0.4 is 9.47 Å². The molecular formula is C18H20O4. The van der Waals surface area contributed by atoms with Crippen LogP contribution >= 0.6 is 0 Å². The largest absolute Gasteiger partial charge is 0.493 e. The number of hydrogen-bond donors (Lipinski definition) is 1. The molecule has 0 bridgehead atoms. The van der Waals surface area contributed by atoms with Crippen LogP contribution in [0.2, 0.25) is 0 Å². The molecule has 0 saturated heterocycles. The second-order valence-electron chi connectivity index (χ2n) is 5.03. The number of aliphatic carboxylic acids is 1. The predicted octanol–water partition coefficient (Wildman–Crippen LogP) is 3.50. The van der Waals surface area contributed by atoms with Crippen molar-refractivity contribution in [2.24, 2.45) is 0 Å². The van der Waals surface area contributed by atoms with Gasteiger partial charge in [-0.15, -0.1) is 0 Å². The number of hydrogen-bond acceptors (Lipinski definition) is 3. The van der Waals surface area contributed by atoms with E-state index in [-0.39, 0.29) is 0 Å². The van der Waals surface area contributed by atoms with Gasteiger partial charge in [0.25, 0.3) is 0 Å². The molecule has 22 heavy (non-hydrogen) atoms. The summed E-state index contributed by atoms with van der Waals surface area (Å²) in [5.74, 6) is -0.257. The molecule has 0 radical (unpaired) electrons. The second kappa shape index (κ2) is 7.50.